The predicted molar refractivity (Wildman–Crippen MR) is 97.4 cm³/mol. The summed E-state index contributed by atoms with van der Waals surface area (Å²) < 4.78 is 30.8. The normalized spacial score (nSPS) is 12.5. The highest BCUT2D eigenvalue weighted by molar-refractivity contribution is 7.90. The number of hydrogen-bond acceptors (Lipinski definition) is 3. The third kappa shape index (κ3) is 3.20. The molecule has 0 bridgehead atoms. The first kappa shape index (κ1) is 16.7. The quantitative estimate of drug-likeness (QED) is 0.717. The molecule has 124 valence electrons. The lowest BCUT2D eigenvalue weighted by Gasteiger charge is -2.05. The third-order valence-electron chi connectivity index (χ3n) is 3.76. The van der Waals surface area contributed by atoms with Gasteiger partial charge < -0.3 is 4.57 Å². The van der Waals surface area contributed by atoms with Crippen LogP contribution in [-0.2, 0) is 17.1 Å². The summed E-state index contributed by atoms with van der Waals surface area (Å²) in [6, 6.07) is 16.5. The van der Waals surface area contributed by atoms with E-state index < -0.39 is 10.0 Å². The molecule has 0 N–H and O–H groups in total. The summed E-state index contributed by atoms with van der Waals surface area (Å²) >= 11 is 1.38. The van der Waals surface area contributed by atoms with E-state index in [1.807, 2.05) is 49.7 Å². The van der Waals surface area contributed by atoms with Gasteiger partial charge in [0.2, 0.25) is 4.80 Å². The molecular weight excluding hydrogens is 340 g/mol. The molecule has 0 spiro atoms. The molecule has 0 amide bonds. The van der Waals surface area contributed by atoms with E-state index >= 15 is 0 Å². The number of rotatable bonds is 3. The minimum atomic E-state index is -3.71. The summed E-state index contributed by atoms with van der Waals surface area (Å²) in [5, 5.41) is 0. The van der Waals surface area contributed by atoms with Gasteiger partial charge in [0, 0.05) is 11.9 Å². The predicted octanol–water partition coefficient (Wildman–Crippen LogP) is 3.66. The van der Waals surface area contributed by atoms with E-state index in [2.05, 4.69) is 4.40 Å². The van der Waals surface area contributed by atoms with Crippen LogP contribution in [-0.4, -0.2) is 13.0 Å². The van der Waals surface area contributed by atoms with Crippen LogP contribution in [0.25, 0.3) is 11.3 Å². The maximum atomic E-state index is 12.5. The molecule has 6 heteroatoms. The maximum Gasteiger partial charge on any atom is 0.285 e. The third-order valence-corrected chi connectivity index (χ3v) is 6.21. The Bertz CT molecular complexity index is 1030. The highest BCUT2D eigenvalue weighted by atomic mass is 32.2. The SMILES string of the molecule is Cc1ccc(-c2c(C)sc(=NS(=O)(=O)c3ccccc3)n2C)cc1. The second-order valence-corrected chi connectivity index (χ2v) is 8.38. The van der Waals surface area contributed by atoms with Crippen LogP contribution in [0.1, 0.15) is 10.4 Å². The lowest BCUT2D eigenvalue weighted by atomic mass is 10.1. The van der Waals surface area contributed by atoms with E-state index in [0.29, 0.717) is 4.80 Å². The first-order valence-electron chi connectivity index (χ1n) is 7.48. The van der Waals surface area contributed by atoms with Gasteiger partial charge >= 0.3 is 0 Å². The molecule has 1 heterocycles. The maximum absolute atomic E-state index is 12.5. The monoisotopic (exact) mass is 358 g/mol. The topological polar surface area (TPSA) is 51.4 Å². The first-order valence-corrected chi connectivity index (χ1v) is 9.73. The molecule has 3 aromatic rings. The van der Waals surface area contributed by atoms with Crippen LogP contribution in [0.4, 0.5) is 0 Å². The van der Waals surface area contributed by atoms with Gasteiger partial charge in [0.25, 0.3) is 10.0 Å². The fraction of sp³-hybridized carbons (Fsp3) is 0.167. The molecule has 0 saturated carbocycles. The summed E-state index contributed by atoms with van der Waals surface area (Å²) in [6.07, 6.45) is 0. The number of benzene rings is 2. The number of hydrogen-bond donors (Lipinski definition) is 0. The van der Waals surface area contributed by atoms with Crippen molar-refractivity contribution in [2.45, 2.75) is 18.7 Å². The van der Waals surface area contributed by atoms with Crippen molar-refractivity contribution < 1.29 is 8.42 Å². The van der Waals surface area contributed by atoms with Crippen molar-refractivity contribution in [2.75, 3.05) is 0 Å². The van der Waals surface area contributed by atoms with E-state index in [9.17, 15) is 8.42 Å². The summed E-state index contributed by atoms with van der Waals surface area (Å²) in [7, 11) is -1.87. The molecule has 0 saturated heterocycles. The Morgan fingerprint density at radius 3 is 2.21 bits per heavy atom. The smallest absolute Gasteiger partial charge is 0.285 e. The molecule has 0 aliphatic carbocycles. The van der Waals surface area contributed by atoms with Crippen LogP contribution in [0.2, 0.25) is 0 Å². The Morgan fingerprint density at radius 2 is 1.58 bits per heavy atom. The first-order chi connectivity index (χ1) is 11.4. The summed E-state index contributed by atoms with van der Waals surface area (Å²) in [5.74, 6) is 0. The van der Waals surface area contributed by atoms with Crippen LogP contribution in [0, 0.1) is 13.8 Å². The van der Waals surface area contributed by atoms with Crippen LogP contribution in [0.15, 0.2) is 63.9 Å². The van der Waals surface area contributed by atoms with Gasteiger partial charge in [-0.3, -0.25) is 0 Å². The molecule has 0 aliphatic rings. The molecule has 0 aliphatic heterocycles. The zero-order chi connectivity index (χ0) is 17.3. The largest absolute Gasteiger partial charge is 0.319 e. The van der Waals surface area contributed by atoms with Gasteiger partial charge in [-0.1, -0.05) is 48.0 Å². The Balaban J connectivity index is 2.14. The van der Waals surface area contributed by atoms with Crippen molar-refractivity contribution in [3.8, 4) is 11.3 Å². The minimum Gasteiger partial charge on any atom is -0.319 e. The molecule has 0 unspecified atom stereocenters. The molecule has 3 rings (SSSR count). The lowest BCUT2D eigenvalue weighted by Crippen LogP contribution is -2.14. The summed E-state index contributed by atoms with van der Waals surface area (Å²) in [6.45, 7) is 4.02. The number of sulfonamides is 1. The highest BCUT2D eigenvalue weighted by Crippen LogP contribution is 2.25. The van der Waals surface area contributed by atoms with Gasteiger partial charge in [0.1, 0.15) is 0 Å². The van der Waals surface area contributed by atoms with E-state index in [1.54, 1.807) is 30.3 Å². The molecule has 0 radical (unpaired) electrons. The van der Waals surface area contributed by atoms with Crippen molar-refractivity contribution >= 4 is 21.4 Å². The Morgan fingerprint density at radius 1 is 0.958 bits per heavy atom. The van der Waals surface area contributed by atoms with Gasteiger partial charge in [0.05, 0.1) is 10.6 Å². The van der Waals surface area contributed by atoms with Gasteiger partial charge in [-0.05, 0) is 31.5 Å². The van der Waals surface area contributed by atoms with Crippen molar-refractivity contribution in [1.29, 1.82) is 0 Å². The molecule has 1 aromatic heterocycles. The zero-order valence-corrected chi connectivity index (χ0v) is 15.4. The molecule has 0 fully saturated rings. The minimum absolute atomic E-state index is 0.202. The van der Waals surface area contributed by atoms with Crippen LogP contribution < -0.4 is 4.80 Å². The Hall–Kier alpha value is -2.18. The average molecular weight is 358 g/mol. The Labute approximate surface area is 145 Å². The number of thiazole rings is 1. The lowest BCUT2D eigenvalue weighted by molar-refractivity contribution is 0.596. The van der Waals surface area contributed by atoms with E-state index in [4.69, 9.17) is 0 Å². The second kappa shape index (κ2) is 6.37. The molecule has 2 aromatic carbocycles. The van der Waals surface area contributed by atoms with E-state index in [0.717, 1.165) is 16.1 Å². The van der Waals surface area contributed by atoms with Crippen molar-refractivity contribution in [3.63, 3.8) is 0 Å². The molecule has 0 atom stereocenters. The van der Waals surface area contributed by atoms with Gasteiger partial charge in [-0.2, -0.15) is 8.42 Å². The van der Waals surface area contributed by atoms with Crippen molar-refractivity contribution in [2.24, 2.45) is 11.4 Å². The number of aromatic nitrogens is 1. The van der Waals surface area contributed by atoms with Gasteiger partial charge in [-0.25, -0.2) is 0 Å². The average Bonchev–Trinajstić information content (AvgIpc) is 2.83. The summed E-state index contributed by atoms with van der Waals surface area (Å²) in [4.78, 5) is 1.70. The van der Waals surface area contributed by atoms with Gasteiger partial charge in [0.15, 0.2) is 0 Å². The van der Waals surface area contributed by atoms with Crippen LogP contribution in [0.5, 0.6) is 0 Å². The van der Waals surface area contributed by atoms with Crippen molar-refractivity contribution in [1.82, 2.24) is 4.57 Å². The fourth-order valence-corrected chi connectivity index (χ4v) is 4.75. The second-order valence-electron chi connectivity index (χ2n) is 5.59. The number of nitrogens with zero attached hydrogens (tertiary/aromatic N) is 2. The Kier molecular flexibility index (Phi) is 4.43. The highest BCUT2D eigenvalue weighted by Gasteiger charge is 2.15. The standard InChI is InChI=1S/C18H18N2O2S2/c1-13-9-11-15(12-10-13)17-14(2)23-18(20(17)3)19-24(21,22)16-7-5-4-6-8-16/h4-12H,1-3H3. The summed E-state index contributed by atoms with van der Waals surface area (Å²) in [5.41, 5.74) is 3.23. The molecule has 4 nitrogen and oxygen atoms in total. The fourth-order valence-electron chi connectivity index (χ4n) is 2.52. The molecule has 24 heavy (non-hydrogen) atoms. The number of aryl methyl sites for hydroxylation is 2. The zero-order valence-electron chi connectivity index (χ0n) is 13.7. The van der Waals surface area contributed by atoms with E-state index in [-0.39, 0.29) is 4.90 Å². The van der Waals surface area contributed by atoms with Gasteiger partial charge in [-0.15, -0.1) is 15.7 Å². The van der Waals surface area contributed by atoms with Crippen LogP contribution >= 0.6 is 11.3 Å². The van der Waals surface area contributed by atoms with E-state index in [1.165, 1.54) is 16.9 Å². The molecular formula is C18H18N2O2S2. The van der Waals surface area contributed by atoms with Crippen molar-refractivity contribution in [3.05, 3.63) is 69.8 Å². The van der Waals surface area contributed by atoms with Crippen LogP contribution in [0.3, 0.4) is 0 Å².